The van der Waals surface area contributed by atoms with Gasteiger partial charge < -0.3 is 15.1 Å². The van der Waals surface area contributed by atoms with Crippen molar-refractivity contribution < 1.29 is 9.59 Å². The van der Waals surface area contributed by atoms with E-state index in [1.807, 2.05) is 11.8 Å². The molecule has 3 atom stereocenters. The first-order valence-corrected chi connectivity index (χ1v) is 7.51. The van der Waals surface area contributed by atoms with Gasteiger partial charge in [-0.1, -0.05) is 0 Å². The summed E-state index contributed by atoms with van der Waals surface area (Å²) in [4.78, 5) is 28.1. The average molecular weight is 265 g/mol. The minimum Gasteiger partial charge on any atom is -0.339 e. The van der Waals surface area contributed by atoms with Crippen LogP contribution in [0.1, 0.15) is 32.6 Å². The lowest BCUT2D eigenvalue weighted by molar-refractivity contribution is -0.144. The largest absolute Gasteiger partial charge is 0.339 e. The number of hydrogen-bond acceptors (Lipinski definition) is 2. The van der Waals surface area contributed by atoms with Crippen molar-refractivity contribution in [3.8, 4) is 0 Å². The number of rotatable bonds is 1. The zero-order chi connectivity index (χ0) is 13.4. The number of likely N-dealkylation sites (tertiary alicyclic amines) is 1. The minimum atomic E-state index is 0.0628. The number of nitrogens with zero attached hydrogens (tertiary/aromatic N) is 2. The molecule has 0 spiro atoms. The predicted molar refractivity (Wildman–Crippen MR) is 71.6 cm³/mol. The van der Waals surface area contributed by atoms with Gasteiger partial charge in [0.15, 0.2) is 0 Å². The van der Waals surface area contributed by atoms with Gasteiger partial charge in [-0.15, -0.1) is 0 Å². The van der Waals surface area contributed by atoms with Crippen LogP contribution in [-0.4, -0.2) is 54.0 Å². The van der Waals surface area contributed by atoms with Crippen molar-refractivity contribution >= 4 is 11.9 Å². The monoisotopic (exact) mass is 265 g/mol. The summed E-state index contributed by atoms with van der Waals surface area (Å²) in [6.07, 6.45) is 4.04. The first kappa shape index (κ1) is 12.8. The van der Waals surface area contributed by atoms with Crippen LogP contribution in [0, 0.1) is 11.8 Å². The van der Waals surface area contributed by atoms with E-state index < -0.39 is 0 Å². The van der Waals surface area contributed by atoms with Gasteiger partial charge in [-0.05, 0) is 38.0 Å². The Morgan fingerprint density at radius 3 is 3.00 bits per heavy atom. The number of urea groups is 1. The molecule has 0 aromatic carbocycles. The Balaban J connectivity index is 1.72. The third-order valence-corrected chi connectivity index (χ3v) is 4.80. The minimum absolute atomic E-state index is 0.0628. The number of fused-ring (bicyclic) bond motifs is 4. The summed E-state index contributed by atoms with van der Waals surface area (Å²) in [5.74, 6) is 1.29. The second kappa shape index (κ2) is 5.02. The summed E-state index contributed by atoms with van der Waals surface area (Å²) >= 11 is 0. The third kappa shape index (κ3) is 2.30. The molecule has 0 aromatic rings. The van der Waals surface area contributed by atoms with Gasteiger partial charge in [0.2, 0.25) is 5.91 Å². The van der Waals surface area contributed by atoms with Crippen LogP contribution in [0.2, 0.25) is 0 Å². The summed E-state index contributed by atoms with van der Waals surface area (Å²) in [7, 11) is 0. The van der Waals surface area contributed by atoms with Crippen molar-refractivity contribution in [2.24, 2.45) is 11.8 Å². The molecule has 3 fully saturated rings. The Labute approximate surface area is 114 Å². The molecule has 3 aliphatic rings. The topological polar surface area (TPSA) is 52.7 Å². The molecular weight excluding hydrogens is 242 g/mol. The third-order valence-electron chi connectivity index (χ3n) is 4.80. The van der Waals surface area contributed by atoms with E-state index in [1.165, 1.54) is 6.42 Å². The van der Waals surface area contributed by atoms with Gasteiger partial charge in [0.25, 0.3) is 0 Å². The lowest BCUT2D eigenvalue weighted by Crippen LogP contribution is -2.62. The SMILES string of the molecule is CCNC(=O)N1C[C@H]2C[C@H](C1)[C@H]1CCCC(=O)N1C2. The molecule has 0 aromatic heterocycles. The Kier molecular flexibility index (Phi) is 3.37. The molecule has 106 valence electrons. The Morgan fingerprint density at radius 1 is 1.37 bits per heavy atom. The fourth-order valence-corrected chi connectivity index (χ4v) is 4.04. The van der Waals surface area contributed by atoms with Crippen LogP contribution in [0.15, 0.2) is 0 Å². The van der Waals surface area contributed by atoms with Crippen molar-refractivity contribution in [2.45, 2.75) is 38.6 Å². The van der Waals surface area contributed by atoms with Crippen LogP contribution in [0.25, 0.3) is 0 Å². The number of hydrogen-bond donors (Lipinski definition) is 1. The number of nitrogens with one attached hydrogen (secondary N) is 1. The molecule has 0 aliphatic carbocycles. The van der Waals surface area contributed by atoms with Gasteiger partial charge in [-0.3, -0.25) is 4.79 Å². The van der Waals surface area contributed by atoms with Gasteiger partial charge in [0.1, 0.15) is 0 Å². The van der Waals surface area contributed by atoms with Gasteiger partial charge in [-0.25, -0.2) is 4.79 Å². The first-order valence-electron chi connectivity index (χ1n) is 7.51. The van der Waals surface area contributed by atoms with Crippen molar-refractivity contribution in [1.29, 1.82) is 0 Å². The van der Waals surface area contributed by atoms with Crippen molar-refractivity contribution in [3.63, 3.8) is 0 Å². The standard InChI is InChI=1S/C14H23N3O2/c1-2-15-14(19)16-7-10-6-11(9-16)12-4-3-5-13(18)17(12)8-10/h10-12H,2-9H2,1H3,(H,15,19)/t10-,11-,12-/m1/s1. The lowest BCUT2D eigenvalue weighted by Gasteiger charge is -2.52. The van der Waals surface area contributed by atoms with E-state index in [1.54, 1.807) is 0 Å². The fraction of sp³-hybridized carbons (Fsp3) is 0.857. The summed E-state index contributed by atoms with van der Waals surface area (Å²) in [6.45, 7) is 5.11. The molecule has 19 heavy (non-hydrogen) atoms. The maximum atomic E-state index is 12.0. The molecule has 1 N–H and O–H groups in total. The van der Waals surface area contributed by atoms with Crippen molar-refractivity contribution in [3.05, 3.63) is 0 Å². The van der Waals surface area contributed by atoms with Gasteiger partial charge in [-0.2, -0.15) is 0 Å². The molecule has 5 nitrogen and oxygen atoms in total. The van der Waals surface area contributed by atoms with Crippen LogP contribution in [-0.2, 0) is 4.79 Å². The highest BCUT2D eigenvalue weighted by Crippen LogP contribution is 2.37. The van der Waals surface area contributed by atoms with E-state index in [0.29, 0.717) is 30.3 Å². The Hall–Kier alpha value is -1.26. The highest BCUT2D eigenvalue weighted by Gasteiger charge is 2.44. The highest BCUT2D eigenvalue weighted by atomic mass is 16.2. The van der Waals surface area contributed by atoms with E-state index in [2.05, 4.69) is 10.2 Å². The van der Waals surface area contributed by atoms with E-state index in [0.717, 1.165) is 38.9 Å². The molecule has 3 heterocycles. The maximum Gasteiger partial charge on any atom is 0.317 e. The molecule has 0 unspecified atom stereocenters. The number of amides is 3. The van der Waals surface area contributed by atoms with Crippen LogP contribution in [0.5, 0.6) is 0 Å². The Morgan fingerprint density at radius 2 is 2.21 bits per heavy atom. The van der Waals surface area contributed by atoms with E-state index in [4.69, 9.17) is 0 Å². The summed E-state index contributed by atoms with van der Waals surface area (Å²) in [5, 5.41) is 2.89. The van der Waals surface area contributed by atoms with Gasteiger partial charge in [0.05, 0.1) is 0 Å². The first-order chi connectivity index (χ1) is 9.19. The van der Waals surface area contributed by atoms with E-state index in [-0.39, 0.29) is 6.03 Å². The maximum absolute atomic E-state index is 12.0. The predicted octanol–water partition coefficient (Wildman–Crippen LogP) is 1.05. The lowest BCUT2D eigenvalue weighted by atomic mass is 9.76. The zero-order valence-electron chi connectivity index (χ0n) is 11.6. The summed E-state index contributed by atoms with van der Waals surface area (Å²) in [5.41, 5.74) is 0. The van der Waals surface area contributed by atoms with Crippen LogP contribution in [0.3, 0.4) is 0 Å². The quantitative estimate of drug-likeness (QED) is 0.770. The number of piperidine rings is 3. The van der Waals surface area contributed by atoms with Crippen molar-refractivity contribution in [2.75, 3.05) is 26.2 Å². The average Bonchev–Trinajstić information content (AvgIpc) is 2.40. The smallest absolute Gasteiger partial charge is 0.317 e. The normalized spacial score (nSPS) is 33.9. The molecular formula is C14H23N3O2. The molecule has 3 rings (SSSR count). The number of carbonyl (C=O) groups is 2. The van der Waals surface area contributed by atoms with Crippen LogP contribution >= 0.6 is 0 Å². The highest BCUT2D eigenvalue weighted by molar-refractivity contribution is 5.78. The molecule has 3 amide bonds. The summed E-state index contributed by atoms with van der Waals surface area (Å²) < 4.78 is 0. The van der Waals surface area contributed by atoms with E-state index >= 15 is 0 Å². The van der Waals surface area contributed by atoms with E-state index in [9.17, 15) is 9.59 Å². The van der Waals surface area contributed by atoms with Gasteiger partial charge in [0, 0.05) is 38.6 Å². The molecule has 0 radical (unpaired) electrons. The number of carbonyl (C=O) groups excluding carboxylic acids is 2. The van der Waals surface area contributed by atoms with Gasteiger partial charge >= 0.3 is 6.03 Å². The molecule has 2 bridgehead atoms. The van der Waals surface area contributed by atoms with Crippen LogP contribution < -0.4 is 5.32 Å². The molecule has 3 aliphatic heterocycles. The molecule has 3 saturated heterocycles. The molecule has 5 heteroatoms. The van der Waals surface area contributed by atoms with Crippen molar-refractivity contribution in [1.82, 2.24) is 15.1 Å². The Bertz CT molecular complexity index is 385. The summed E-state index contributed by atoms with van der Waals surface area (Å²) in [6, 6.07) is 0.447. The fourth-order valence-electron chi connectivity index (χ4n) is 4.04. The van der Waals surface area contributed by atoms with Crippen LogP contribution in [0.4, 0.5) is 4.79 Å². The second-order valence-corrected chi connectivity index (χ2v) is 6.11. The molecule has 0 saturated carbocycles. The zero-order valence-corrected chi connectivity index (χ0v) is 11.6. The second-order valence-electron chi connectivity index (χ2n) is 6.11.